The maximum atomic E-state index is 6.20. The number of nitrogens with one attached hydrogen (secondary N) is 1. The van der Waals surface area contributed by atoms with E-state index in [1.807, 2.05) is 19.9 Å². The average molecular weight is 268 g/mol. The minimum Gasteiger partial charge on any atom is -0.348 e. The molecular formula is C14H22ClN3. The number of aromatic nitrogens is 2. The number of nitrogens with zero attached hydrogens (tertiary/aromatic N) is 2. The molecule has 18 heavy (non-hydrogen) atoms. The van der Waals surface area contributed by atoms with Crippen LogP contribution in [0.3, 0.4) is 0 Å². The predicted octanol–water partition coefficient (Wildman–Crippen LogP) is 3.69. The third-order valence-corrected chi connectivity index (χ3v) is 4.36. The van der Waals surface area contributed by atoms with Crippen molar-refractivity contribution in [1.82, 2.24) is 9.97 Å². The minimum absolute atomic E-state index is 0.0195. The van der Waals surface area contributed by atoms with Gasteiger partial charge in [0.15, 0.2) is 0 Å². The molecule has 1 aliphatic carbocycles. The van der Waals surface area contributed by atoms with Gasteiger partial charge in [0.05, 0.1) is 5.54 Å². The molecule has 4 heteroatoms. The summed E-state index contributed by atoms with van der Waals surface area (Å²) < 4.78 is 0. The van der Waals surface area contributed by atoms with Crippen molar-refractivity contribution in [2.75, 3.05) is 11.2 Å². The van der Waals surface area contributed by atoms with E-state index in [0.29, 0.717) is 5.88 Å². The average Bonchev–Trinajstić information content (AvgIpc) is 2.31. The van der Waals surface area contributed by atoms with Crippen LogP contribution in [0.2, 0.25) is 0 Å². The van der Waals surface area contributed by atoms with Crippen LogP contribution in [0.5, 0.6) is 0 Å². The summed E-state index contributed by atoms with van der Waals surface area (Å²) in [4.78, 5) is 8.92. The van der Waals surface area contributed by atoms with Crippen LogP contribution >= 0.6 is 11.6 Å². The SMILES string of the molecule is Cc1cc(C)nc(NC2(CCl)CCC(C)CC2)n1. The van der Waals surface area contributed by atoms with Crippen molar-refractivity contribution in [2.24, 2.45) is 5.92 Å². The first kappa shape index (κ1) is 13.6. The fraction of sp³-hybridized carbons (Fsp3) is 0.714. The van der Waals surface area contributed by atoms with Gasteiger partial charge in [-0.05, 0) is 51.5 Å². The number of alkyl halides is 1. The number of halogens is 1. The molecule has 0 radical (unpaired) electrons. The summed E-state index contributed by atoms with van der Waals surface area (Å²) in [6, 6.07) is 1.99. The highest BCUT2D eigenvalue weighted by molar-refractivity contribution is 6.18. The van der Waals surface area contributed by atoms with Crippen LogP contribution < -0.4 is 5.32 Å². The van der Waals surface area contributed by atoms with Crippen molar-refractivity contribution < 1.29 is 0 Å². The van der Waals surface area contributed by atoms with Crippen molar-refractivity contribution in [2.45, 2.75) is 52.0 Å². The zero-order chi connectivity index (χ0) is 13.2. The van der Waals surface area contributed by atoms with Crippen molar-refractivity contribution in [1.29, 1.82) is 0 Å². The Morgan fingerprint density at radius 2 is 1.83 bits per heavy atom. The molecule has 0 bridgehead atoms. The molecule has 3 nitrogen and oxygen atoms in total. The Morgan fingerprint density at radius 1 is 1.28 bits per heavy atom. The molecule has 0 unspecified atom stereocenters. The number of hydrogen-bond acceptors (Lipinski definition) is 3. The minimum atomic E-state index is -0.0195. The predicted molar refractivity (Wildman–Crippen MR) is 76.2 cm³/mol. The van der Waals surface area contributed by atoms with Crippen LogP contribution in [0.1, 0.15) is 44.0 Å². The molecule has 1 aliphatic rings. The van der Waals surface area contributed by atoms with Gasteiger partial charge in [0.25, 0.3) is 0 Å². The Morgan fingerprint density at radius 3 is 2.33 bits per heavy atom. The first-order valence-electron chi connectivity index (χ1n) is 6.69. The topological polar surface area (TPSA) is 37.8 Å². The van der Waals surface area contributed by atoms with E-state index < -0.39 is 0 Å². The Bertz CT molecular complexity index is 391. The lowest BCUT2D eigenvalue weighted by Crippen LogP contribution is -2.44. The van der Waals surface area contributed by atoms with Crippen LogP contribution in [-0.2, 0) is 0 Å². The summed E-state index contributed by atoms with van der Waals surface area (Å²) in [7, 11) is 0. The van der Waals surface area contributed by atoms with Crippen LogP contribution in [0, 0.1) is 19.8 Å². The van der Waals surface area contributed by atoms with Crippen LogP contribution in [0.15, 0.2) is 6.07 Å². The van der Waals surface area contributed by atoms with E-state index in [9.17, 15) is 0 Å². The molecule has 1 aromatic rings. The van der Waals surface area contributed by atoms with E-state index >= 15 is 0 Å². The maximum Gasteiger partial charge on any atom is 0.223 e. The number of anilines is 1. The van der Waals surface area contributed by atoms with Crippen molar-refractivity contribution in [3.8, 4) is 0 Å². The molecule has 100 valence electrons. The monoisotopic (exact) mass is 267 g/mol. The Hall–Kier alpha value is -0.830. The molecule has 0 spiro atoms. The van der Waals surface area contributed by atoms with Gasteiger partial charge in [-0.25, -0.2) is 9.97 Å². The van der Waals surface area contributed by atoms with Gasteiger partial charge < -0.3 is 5.32 Å². The molecule has 0 amide bonds. The van der Waals surface area contributed by atoms with Gasteiger partial charge in [0, 0.05) is 17.3 Å². The van der Waals surface area contributed by atoms with Gasteiger partial charge in [-0.15, -0.1) is 11.6 Å². The fourth-order valence-corrected chi connectivity index (χ4v) is 2.96. The molecule has 1 aromatic heterocycles. The van der Waals surface area contributed by atoms with E-state index in [1.165, 1.54) is 12.8 Å². The molecule has 2 rings (SSSR count). The third-order valence-electron chi connectivity index (χ3n) is 3.85. The molecular weight excluding hydrogens is 246 g/mol. The van der Waals surface area contributed by atoms with Gasteiger partial charge in [-0.3, -0.25) is 0 Å². The standard InChI is InChI=1S/C14H22ClN3/c1-10-4-6-14(9-15,7-5-10)18-13-16-11(2)8-12(3)17-13/h8,10H,4-7,9H2,1-3H3,(H,16,17,18). The normalized spacial score (nSPS) is 28.1. The summed E-state index contributed by atoms with van der Waals surface area (Å²) >= 11 is 6.20. The van der Waals surface area contributed by atoms with Crippen molar-refractivity contribution in [3.05, 3.63) is 17.5 Å². The molecule has 1 fully saturated rings. The molecule has 0 saturated heterocycles. The molecule has 0 aliphatic heterocycles. The lowest BCUT2D eigenvalue weighted by molar-refractivity contribution is 0.286. The summed E-state index contributed by atoms with van der Waals surface area (Å²) in [6.45, 7) is 6.30. The van der Waals surface area contributed by atoms with Crippen molar-refractivity contribution >= 4 is 17.5 Å². The Kier molecular flexibility index (Phi) is 4.10. The van der Waals surface area contributed by atoms with Gasteiger partial charge in [-0.1, -0.05) is 6.92 Å². The second kappa shape index (κ2) is 5.43. The van der Waals surface area contributed by atoms with E-state index in [1.54, 1.807) is 0 Å². The van der Waals surface area contributed by atoms with E-state index in [4.69, 9.17) is 11.6 Å². The summed E-state index contributed by atoms with van der Waals surface area (Å²) in [5.74, 6) is 2.15. The lowest BCUT2D eigenvalue weighted by Gasteiger charge is -2.38. The third kappa shape index (κ3) is 3.14. The van der Waals surface area contributed by atoms with Crippen LogP contribution in [0.25, 0.3) is 0 Å². The number of hydrogen-bond donors (Lipinski definition) is 1. The Balaban J connectivity index is 2.14. The van der Waals surface area contributed by atoms with Crippen LogP contribution in [0.4, 0.5) is 5.95 Å². The summed E-state index contributed by atoms with van der Waals surface area (Å²) in [5, 5.41) is 3.49. The van der Waals surface area contributed by atoms with Gasteiger partial charge in [0.1, 0.15) is 0 Å². The second-order valence-corrected chi connectivity index (χ2v) is 5.96. The second-order valence-electron chi connectivity index (χ2n) is 5.70. The van der Waals surface area contributed by atoms with Crippen molar-refractivity contribution in [3.63, 3.8) is 0 Å². The van der Waals surface area contributed by atoms with E-state index in [-0.39, 0.29) is 5.54 Å². The number of aryl methyl sites for hydroxylation is 2. The van der Waals surface area contributed by atoms with Gasteiger partial charge >= 0.3 is 0 Å². The quantitative estimate of drug-likeness (QED) is 0.849. The number of rotatable bonds is 3. The zero-order valence-electron chi connectivity index (χ0n) is 11.5. The zero-order valence-corrected chi connectivity index (χ0v) is 12.2. The first-order chi connectivity index (χ1) is 8.53. The maximum absolute atomic E-state index is 6.20. The highest BCUT2D eigenvalue weighted by Gasteiger charge is 2.34. The molecule has 0 atom stereocenters. The van der Waals surface area contributed by atoms with Crippen LogP contribution in [-0.4, -0.2) is 21.4 Å². The lowest BCUT2D eigenvalue weighted by atomic mass is 9.78. The molecule has 1 N–H and O–H groups in total. The summed E-state index contributed by atoms with van der Waals surface area (Å²) in [5.41, 5.74) is 1.98. The van der Waals surface area contributed by atoms with E-state index in [0.717, 1.165) is 36.1 Å². The van der Waals surface area contributed by atoms with E-state index in [2.05, 4.69) is 22.2 Å². The highest BCUT2D eigenvalue weighted by atomic mass is 35.5. The van der Waals surface area contributed by atoms with Gasteiger partial charge in [-0.2, -0.15) is 0 Å². The fourth-order valence-electron chi connectivity index (χ4n) is 2.63. The largest absolute Gasteiger partial charge is 0.348 e. The smallest absolute Gasteiger partial charge is 0.223 e. The molecule has 0 aromatic carbocycles. The Labute approximate surface area is 114 Å². The van der Waals surface area contributed by atoms with Gasteiger partial charge in [0.2, 0.25) is 5.95 Å². The highest BCUT2D eigenvalue weighted by Crippen LogP contribution is 2.34. The first-order valence-corrected chi connectivity index (χ1v) is 7.23. The molecule has 1 heterocycles. The summed E-state index contributed by atoms with van der Waals surface area (Å²) in [6.07, 6.45) is 4.66. The molecule has 1 saturated carbocycles.